The quantitative estimate of drug-likeness (QED) is 0.308. The number of aromatic nitrogens is 1. The van der Waals surface area contributed by atoms with Gasteiger partial charge in [-0.25, -0.2) is 0 Å². The average Bonchev–Trinajstić information content (AvgIpc) is 1.77. The standard InChI is InChI=1S/C6H7NO.Ti/c1-6-4-2-3-5-7(6)8;/h2-5H,1H3;. The smallest absolute Gasteiger partial charge is 0.189 e. The fraction of sp³-hybridized carbons (Fsp3) is 0.167. The Morgan fingerprint density at radius 3 is 2.44 bits per heavy atom. The molecule has 0 spiro atoms. The second-order valence-corrected chi connectivity index (χ2v) is 1.67. The van der Waals surface area contributed by atoms with E-state index in [0.29, 0.717) is 0 Å². The van der Waals surface area contributed by atoms with Crippen molar-refractivity contribution in [3.8, 4) is 0 Å². The summed E-state index contributed by atoms with van der Waals surface area (Å²) in [5.74, 6) is 0. The monoisotopic (exact) mass is 157 g/mol. The molecule has 1 aromatic rings. The first kappa shape index (κ1) is 8.66. The van der Waals surface area contributed by atoms with Crippen molar-refractivity contribution in [3.63, 3.8) is 0 Å². The number of rotatable bonds is 0. The van der Waals surface area contributed by atoms with Crippen LogP contribution in [0.4, 0.5) is 0 Å². The third-order valence-electron chi connectivity index (χ3n) is 1.02. The Morgan fingerprint density at radius 1 is 1.44 bits per heavy atom. The minimum Gasteiger partial charge on any atom is -0.619 e. The van der Waals surface area contributed by atoms with Gasteiger partial charge < -0.3 is 5.21 Å². The van der Waals surface area contributed by atoms with Gasteiger partial charge in [0.25, 0.3) is 0 Å². The van der Waals surface area contributed by atoms with E-state index in [2.05, 4.69) is 0 Å². The molecule has 9 heavy (non-hydrogen) atoms. The van der Waals surface area contributed by atoms with E-state index in [1.54, 1.807) is 19.1 Å². The first-order chi connectivity index (χ1) is 3.80. The van der Waals surface area contributed by atoms with Gasteiger partial charge in [0, 0.05) is 40.8 Å². The Kier molecular flexibility index (Phi) is 3.51. The largest absolute Gasteiger partial charge is 0.619 e. The van der Waals surface area contributed by atoms with Crippen LogP contribution in [-0.2, 0) is 21.7 Å². The van der Waals surface area contributed by atoms with Crippen molar-refractivity contribution in [3.05, 3.63) is 35.3 Å². The van der Waals surface area contributed by atoms with E-state index >= 15 is 0 Å². The summed E-state index contributed by atoms with van der Waals surface area (Å²) in [6.45, 7) is 1.77. The van der Waals surface area contributed by atoms with E-state index in [1.165, 1.54) is 6.20 Å². The molecule has 0 aliphatic heterocycles. The summed E-state index contributed by atoms with van der Waals surface area (Å²) < 4.78 is 0.833. The second-order valence-electron chi connectivity index (χ2n) is 1.67. The normalized spacial score (nSPS) is 8.11. The number of aryl methyl sites for hydroxylation is 1. The van der Waals surface area contributed by atoms with Crippen LogP contribution in [0.3, 0.4) is 0 Å². The molecule has 1 aromatic heterocycles. The zero-order chi connectivity index (χ0) is 5.98. The maximum absolute atomic E-state index is 10.5. The SMILES string of the molecule is Cc1cccc[n+]1[O-].[Ti]. The van der Waals surface area contributed by atoms with Crippen LogP contribution >= 0.6 is 0 Å². The van der Waals surface area contributed by atoms with Crippen molar-refractivity contribution in [2.45, 2.75) is 6.92 Å². The van der Waals surface area contributed by atoms with Crippen molar-refractivity contribution < 1.29 is 26.4 Å². The van der Waals surface area contributed by atoms with E-state index < -0.39 is 0 Å². The van der Waals surface area contributed by atoms with Gasteiger partial charge in [0.15, 0.2) is 11.9 Å². The molecule has 3 heteroatoms. The first-order valence-electron chi connectivity index (χ1n) is 2.45. The zero-order valence-corrected chi connectivity index (χ0v) is 6.73. The summed E-state index contributed by atoms with van der Waals surface area (Å²) in [7, 11) is 0. The van der Waals surface area contributed by atoms with Gasteiger partial charge in [-0.05, 0) is 0 Å². The predicted octanol–water partition coefficient (Wildman–Crippen LogP) is 0.626. The molecule has 1 rings (SSSR count). The van der Waals surface area contributed by atoms with Gasteiger partial charge in [0.05, 0.1) is 0 Å². The number of pyridine rings is 1. The van der Waals surface area contributed by atoms with Crippen molar-refractivity contribution in [1.29, 1.82) is 0 Å². The van der Waals surface area contributed by atoms with Crippen molar-refractivity contribution in [2.75, 3.05) is 0 Å². The van der Waals surface area contributed by atoms with E-state index in [1.807, 2.05) is 6.07 Å². The van der Waals surface area contributed by atoms with Crippen LogP contribution in [0.2, 0.25) is 0 Å². The predicted molar refractivity (Wildman–Crippen MR) is 30.1 cm³/mol. The molecule has 0 N–H and O–H groups in total. The van der Waals surface area contributed by atoms with E-state index in [9.17, 15) is 5.21 Å². The summed E-state index contributed by atoms with van der Waals surface area (Å²) in [4.78, 5) is 0. The Bertz CT molecular complexity index is 169. The van der Waals surface area contributed by atoms with Gasteiger partial charge in [0.2, 0.25) is 0 Å². The van der Waals surface area contributed by atoms with Gasteiger partial charge in [-0.3, -0.25) is 0 Å². The van der Waals surface area contributed by atoms with Gasteiger partial charge in [-0.2, -0.15) is 4.73 Å². The number of hydrogen-bond acceptors (Lipinski definition) is 1. The zero-order valence-electron chi connectivity index (χ0n) is 5.16. The third kappa shape index (κ3) is 2.16. The molecule has 0 saturated heterocycles. The molecule has 0 bridgehead atoms. The fourth-order valence-electron chi connectivity index (χ4n) is 0.514. The van der Waals surface area contributed by atoms with Crippen molar-refractivity contribution in [1.82, 2.24) is 0 Å². The average molecular weight is 157 g/mol. The summed E-state index contributed by atoms with van der Waals surface area (Å²) in [6, 6.07) is 5.32. The molecule has 2 nitrogen and oxygen atoms in total. The molecular formula is C6H7NOTi. The van der Waals surface area contributed by atoms with Crippen LogP contribution in [0.15, 0.2) is 24.4 Å². The van der Waals surface area contributed by atoms with Crippen LogP contribution < -0.4 is 4.73 Å². The Labute approximate surface area is 69.0 Å². The summed E-state index contributed by atoms with van der Waals surface area (Å²) in [5, 5.41) is 10.5. The molecule has 0 aliphatic rings. The topological polar surface area (TPSA) is 26.9 Å². The minimum atomic E-state index is 0. The Balaban J connectivity index is 0.000000640. The van der Waals surface area contributed by atoms with Gasteiger partial charge in [-0.1, -0.05) is 6.07 Å². The van der Waals surface area contributed by atoms with Gasteiger partial charge in [-0.15, -0.1) is 0 Å². The summed E-state index contributed by atoms with van der Waals surface area (Å²) in [6.07, 6.45) is 1.48. The molecular weight excluding hydrogens is 150 g/mol. The van der Waals surface area contributed by atoms with Crippen LogP contribution in [0.1, 0.15) is 5.69 Å². The molecule has 0 unspecified atom stereocenters. The van der Waals surface area contributed by atoms with Gasteiger partial charge >= 0.3 is 0 Å². The van der Waals surface area contributed by atoms with Gasteiger partial charge in [0.1, 0.15) is 0 Å². The minimum absolute atomic E-state index is 0. The van der Waals surface area contributed by atoms with Crippen LogP contribution in [0, 0.1) is 12.1 Å². The molecule has 1 heterocycles. The maximum atomic E-state index is 10.5. The number of nitrogens with zero attached hydrogens (tertiary/aromatic N) is 1. The fourth-order valence-corrected chi connectivity index (χ4v) is 0.514. The molecule has 0 atom stereocenters. The summed E-state index contributed by atoms with van der Waals surface area (Å²) in [5.41, 5.74) is 0.729. The van der Waals surface area contributed by atoms with Crippen molar-refractivity contribution >= 4 is 0 Å². The van der Waals surface area contributed by atoms with E-state index in [-0.39, 0.29) is 21.7 Å². The molecule has 0 aliphatic carbocycles. The first-order valence-corrected chi connectivity index (χ1v) is 2.45. The summed E-state index contributed by atoms with van der Waals surface area (Å²) >= 11 is 0. The second kappa shape index (κ2) is 3.64. The molecule has 0 saturated carbocycles. The van der Waals surface area contributed by atoms with E-state index in [4.69, 9.17) is 0 Å². The molecule has 46 valence electrons. The Morgan fingerprint density at radius 2 is 2.11 bits per heavy atom. The van der Waals surface area contributed by atoms with Crippen LogP contribution in [0.25, 0.3) is 0 Å². The molecule has 0 aromatic carbocycles. The molecule has 0 fully saturated rings. The van der Waals surface area contributed by atoms with Crippen LogP contribution in [-0.4, -0.2) is 0 Å². The maximum Gasteiger partial charge on any atom is 0.189 e. The third-order valence-corrected chi connectivity index (χ3v) is 1.02. The van der Waals surface area contributed by atoms with Crippen molar-refractivity contribution in [2.24, 2.45) is 0 Å². The molecule has 0 amide bonds. The Hall–Kier alpha value is -0.336. The molecule has 0 radical (unpaired) electrons. The van der Waals surface area contributed by atoms with E-state index in [0.717, 1.165) is 10.4 Å². The van der Waals surface area contributed by atoms with Crippen LogP contribution in [0.5, 0.6) is 0 Å². The number of hydrogen-bond donors (Lipinski definition) is 0.